The lowest BCUT2D eigenvalue weighted by Gasteiger charge is -2.43. The molecular formula is C13H17NO3S. The Bertz CT molecular complexity index is 428. The normalized spacial score (nSPS) is 19.0. The molecule has 2 N–H and O–H groups in total. The summed E-state index contributed by atoms with van der Waals surface area (Å²) in [4.78, 5) is 12.6. The summed E-state index contributed by atoms with van der Waals surface area (Å²) >= 11 is 1.67. The number of hydrogen-bond donors (Lipinski definition) is 2. The Labute approximate surface area is 111 Å². The number of thioether (sulfide) groups is 1. The third kappa shape index (κ3) is 2.13. The van der Waals surface area contributed by atoms with Crippen LogP contribution in [0.5, 0.6) is 0 Å². The van der Waals surface area contributed by atoms with Crippen LogP contribution in [-0.4, -0.2) is 37.6 Å². The van der Waals surface area contributed by atoms with Gasteiger partial charge >= 0.3 is 5.97 Å². The van der Waals surface area contributed by atoms with Crippen molar-refractivity contribution in [2.75, 3.05) is 26.5 Å². The van der Waals surface area contributed by atoms with Crippen LogP contribution >= 0.6 is 11.8 Å². The standard InChI is InChI=1S/C13H17NO3S/c1-14-11(13(12(15)16)7-17-8-13)9-3-5-10(18-2)6-4-9/h3-6,11,14H,7-8H2,1-2H3,(H,15,16). The minimum Gasteiger partial charge on any atom is -0.481 e. The van der Waals surface area contributed by atoms with Crippen LogP contribution in [0.1, 0.15) is 11.6 Å². The first-order chi connectivity index (χ1) is 8.64. The smallest absolute Gasteiger partial charge is 0.316 e. The molecule has 18 heavy (non-hydrogen) atoms. The maximum atomic E-state index is 11.5. The summed E-state index contributed by atoms with van der Waals surface area (Å²) in [6, 6.07) is 7.77. The number of aliphatic carboxylic acids is 1. The van der Waals surface area contributed by atoms with E-state index in [0.29, 0.717) is 0 Å². The molecule has 1 atom stereocenters. The number of rotatable bonds is 5. The zero-order valence-electron chi connectivity index (χ0n) is 10.5. The summed E-state index contributed by atoms with van der Waals surface area (Å²) in [5, 5.41) is 12.5. The minimum absolute atomic E-state index is 0.223. The van der Waals surface area contributed by atoms with Crippen LogP contribution in [0.2, 0.25) is 0 Å². The van der Waals surface area contributed by atoms with Crippen molar-refractivity contribution >= 4 is 17.7 Å². The maximum Gasteiger partial charge on any atom is 0.316 e. The molecule has 2 rings (SSSR count). The topological polar surface area (TPSA) is 58.6 Å². The average Bonchev–Trinajstić information content (AvgIpc) is 2.33. The highest BCUT2D eigenvalue weighted by Crippen LogP contribution is 2.41. The molecular weight excluding hydrogens is 250 g/mol. The average molecular weight is 267 g/mol. The van der Waals surface area contributed by atoms with Gasteiger partial charge in [-0.05, 0) is 31.0 Å². The van der Waals surface area contributed by atoms with Crippen LogP contribution in [0, 0.1) is 5.41 Å². The van der Waals surface area contributed by atoms with Gasteiger partial charge in [0.15, 0.2) is 0 Å². The van der Waals surface area contributed by atoms with Gasteiger partial charge in [-0.25, -0.2) is 0 Å². The summed E-state index contributed by atoms with van der Waals surface area (Å²) in [5.41, 5.74) is 0.149. The molecule has 1 heterocycles. The van der Waals surface area contributed by atoms with Gasteiger partial charge in [0, 0.05) is 4.90 Å². The molecule has 1 aliphatic heterocycles. The van der Waals surface area contributed by atoms with Crippen LogP contribution in [0.3, 0.4) is 0 Å². The van der Waals surface area contributed by atoms with Crippen molar-refractivity contribution in [3.05, 3.63) is 29.8 Å². The van der Waals surface area contributed by atoms with Gasteiger partial charge in [-0.2, -0.15) is 0 Å². The number of carboxylic acid groups (broad SMARTS) is 1. The summed E-state index contributed by atoms with van der Waals surface area (Å²) in [6.45, 7) is 0.524. The second-order valence-electron chi connectivity index (χ2n) is 4.45. The van der Waals surface area contributed by atoms with Crippen molar-refractivity contribution < 1.29 is 14.6 Å². The minimum atomic E-state index is -0.838. The first-order valence-corrected chi connectivity index (χ1v) is 6.99. The number of carbonyl (C=O) groups is 1. The Balaban J connectivity index is 2.29. The van der Waals surface area contributed by atoms with Gasteiger partial charge in [0.2, 0.25) is 0 Å². The Morgan fingerprint density at radius 1 is 1.44 bits per heavy atom. The fraction of sp³-hybridized carbons (Fsp3) is 0.462. The predicted molar refractivity (Wildman–Crippen MR) is 70.9 cm³/mol. The second kappa shape index (κ2) is 5.30. The van der Waals surface area contributed by atoms with E-state index in [1.54, 1.807) is 18.8 Å². The van der Waals surface area contributed by atoms with Crippen molar-refractivity contribution in [1.82, 2.24) is 5.32 Å². The fourth-order valence-corrected chi connectivity index (χ4v) is 2.70. The molecule has 4 nitrogen and oxygen atoms in total. The Hall–Kier alpha value is -1.04. The highest BCUT2D eigenvalue weighted by Gasteiger charge is 2.52. The van der Waals surface area contributed by atoms with Gasteiger partial charge in [0.1, 0.15) is 5.41 Å². The number of benzene rings is 1. The predicted octanol–water partition coefficient (Wildman–Crippen LogP) is 1.77. The quantitative estimate of drug-likeness (QED) is 0.796. The van der Waals surface area contributed by atoms with Crippen LogP contribution in [0.4, 0.5) is 0 Å². The maximum absolute atomic E-state index is 11.5. The lowest BCUT2D eigenvalue weighted by atomic mass is 9.75. The Morgan fingerprint density at radius 2 is 2.06 bits per heavy atom. The molecule has 0 amide bonds. The first kappa shape index (κ1) is 13.4. The summed E-state index contributed by atoms with van der Waals surface area (Å²) < 4.78 is 5.12. The fourth-order valence-electron chi connectivity index (χ4n) is 2.29. The highest BCUT2D eigenvalue weighted by atomic mass is 32.2. The summed E-state index contributed by atoms with van der Waals surface area (Å²) in [5.74, 6) is -0.804. The largest absolute Gasteiger partial charge is 0.481 e. The van der Waals surface area contributed by atoms with E-state index < -0.39 is 11.4 Å². The van der Waals surface area contributed by atoms with Crippen LogP contribution in [0.15, 0.2) is 29.2 Å². The number of hydrogen-bond acceptors (Lipinski definition) is 4. The third-order valence-corrected chi connectivity index (χ3v) is 4.18. The van der Waals surface area contributed by atoms with E-state index in [4.69, 9.17) is 4.74 Å². The molecule has 0 saturated carbocycles. The molecule has 1 aliphatic rings. The zero-order valence-corrected chi connectivity index (χ0v) is 11.3. The van der Waals surface area contributed by atoms with Crippen molar-refractivity contribution in [2.24, 2.45) is 5.41 Å². The van der Waals surface area contributed by atoms with Gasteiger partial charge in [0.05, 0.1) is 19.3 Å². The number of carboxylic acids is 1. The molecule has 0 bridgehead atoms. The summed E-state index contributed by atoms with van der Waals surface area (Å²) in [6.07, 6.45) is 2.02. The van der Waals surface area contributed by atoms with Crippen molar-refractivity contribution in [2.45, 2.75) is 10.9 Å². The van der Waals surface area contributed by atoms with E-state index in [1.807, 2.05) is 30.5 Å². The zero-order chi connectivity index (χ0) is 13.2. The molecule has 1 saturated heterocycles. The van der Waals surface area contributed by atoms with Crippen molar-refractivity contribution in [3.63, 3.8) is 0 Å². The van der Waals surface area contributed by atoms with E-state index in [9.17, 15) is 9.90 Å². The molecule has 0 radical (unpaired) electrons. The number of ether oxygens (including phenoxy) is 1. The van der Waals surface area contributed by atoms with Gasteiger partial charge in [0.25, 0.3) is 0 Å². The van der Waals surface area contributed by atoms with Gasteiger partial charge in [-0.3, -0.25) is 4.79 Å². The highest BCUT2D eigenvalue weighted by molar-refractivity contribution is 7.98. The first-order valence-electron chi connectivity index (χ1n) is 5.76. The lowest BCUT2D eigenvalue weighted by molar-refractivity contribution is -0.186. The van der Waals surface area contributed by atoms with E-state index in [2.05, 4.69) is 5.32 Å². The Kier molecular flexibility index (Phi) is 3.94. The SMILES string of the molecule is CNC(c1ccc(SC)cc1)C1(C(=O)O)COC1. The van der Waals surface area contributed by atoms with Crippen LogP contribution in [0.25, 0.3) is 0 Å². The summed E-state index contributed by atoms with van der Waals surface area (Å²) in [7, 11) is 1.79. The molecule has 0 aromatic heterocycles. The van der Waals surface area contributed by atoms with Gasteiger partial charge in [-0.15, -0.1) is 11.8 Å². The third-order valence-electron chi connectivity index (χ3n) is 3.44. The molecule has 1 aromatic rings. The second-order valence-corrected chi connectivity index (χ2v) is 5.33. The van der Waals surface area contributed by atoms with E-state index in [0.717, 1.165) is 5.56 Å². The van der Waals surface area contributed by atoms with E-state index in [-0.39, 0.29) is 19.3 Å². The van der Waals surface area contributed by atoms with E-state index >= 15 is 0 Å². The number of nitrogens with one attached hydrogen (secondary N) is 1. The van der Waals surface area contributed by atoms with E-state index in [1.165, 1.54) is 4.90 Å². The van der Waals surface area contributed by atoms with Crippen LogP contribution < -0.4 is 5.32 Å². The Morgan fingerprint density at radius 3 is 2.39 bits per heavy atom. The molecule has 98 valence electrons. The molecule has 0 aliphatic carbocycles. The van der Waals surface area contributed by atoms with Gasteiger partial charge in [-0.1, -0.05) is 12.1 Å². The van der Waals surface area contributed by atoms with Crippen molar-refractivity contribution in [1.29, 1.82) is 0 Å². The molecule has 5 heteroatoms. The molecule has 0 spiro atoms. The van der Waals surface area contributed by atoms with Crippen molar-refractivity contribution in [3.8, 4) is 0 Å². The lowest BCUT2D eigenvalue weighted by Crippen LogP contribution is -2.56. The molecule has 1 unspecified atom stereocenters. The van der Waals surface area contributed by atoms with Crippen LogP contribution in [-0.2, 0) is 9.53 Å². The molecule has 1 aromatic carbocycles. The monoisotopic (exact) mass is 267 g/mol. The van der Waals surface area contributed by atoms with Gasteiger partial charge < -0.3 is 15.2 Å². The molecule has 1 fully saturated rings.